The summed E-state index contributed by atoms with van der Waals surface area (Å²) in [5.41, 5.74) is 5.96. The average molecular weight is 397 g/mol. The number of hydrogen-bond donors (Lipinski definition) is 1. The molecule has 0 unspecified atom stereocenters. The molecule has 5 heteroatoms. The minimum absolute atomic E-state index is 0.225. The molecule has 1 aliphatic rings. The van der Waals surface area contributed by atoms with E-state index in [1.165, 1.54) is 12.1 Å². The first kappa shape index (κ1) is 18.3. The lowest BCUT2D eigenvalue weighted by Gasteiger charge is -2.11. The topological polar surface area (TPSA) is 46.9 Å². The van der Waals surface area contributed by atoms with Crippen LogP contribution in [-0.2, 0) is 12.8 Å². The highest BCUT2D eigenvalue weighted by Crippen LogP contribution is 2.31. The van der Waals surface area contributed by atoms with Crippen molar-refractivity contribution in [1.82, 2.24) is 9.78 Å². The second kappa shape index (κ2) is 7.59. The number of carbonyl (C=O) groups is 1. The number of nitrogens with one attached hydrogen (secondary N) is 1. The van der Waals surface area contributed by atoms with Crippen LogP contribution in [0.5, 0.6) is 0 Å². The third-order valence-electron chi connectivity index (χ3n) is 5.48. The van der Waals surface area contributed by atoms with Gasteiger partial charge in [0.1, 0.15) is 5.82 Å². The zero-order chi connectivity index (χ0) is 20.5. The largest absolute Gasteiger partial charge is 0.320 e. The molecule has 4 aromatic rings. The standard InChI is InChI=1S/C25H20FN3O/c26-18-13-15-19(16-14-18)29-23-12-6-10-21(23)24(28-29)25(30)27-22-11-5-4-9-20(22)17-7-2-1-3-8-17/h1-5,7-9,11,13-16H,6,10,12H2,(H,27,30). The van der Waals surface area contributed by atoms with E-state index in [0.717, 1.165) is 53.0 Å². The molecule has 0 bridgehead atoms. The number of para-hydroxylation sites is 1. The van der Waals surface area contributed by atoms with Crippen molar-refractivity contribution in [2.24, 2.45) is 0 Å². The Morgan fingerprint density at radius 3 is 2.43 bits per heavy atom. The number of amides is 1. The van der Waals surface area contributed by atoms with Gasteiger partial charge in [0.15, 0.2) is 5.69 Å². The van der Waals surface area contributed by atoms with Gasteiger partial charge >= 0.3 is 0 Å². The Kier molecular flexibility index (Phi) is 4.64. The highest BCUT2D eigenvalue weighted by Gasteiger charge is 2.27. The van der Waals surface area contributed by atoms with Crippen molar-refractivity contribution in [2.45, 2.75) is 19.3 Å². The van der Waals surface area contributed by atoms with Crippen molar-refractivity contribution in [3.63, 3.8) is 0 Å². The Balaban J connectivity index is 1.50. The highest BCUT2D eigenvalue weighted by atomic mass is 19.1. The SMILES string of the molecule is O=C(Nc1ccccc1-c1ccccc1)c1nn(-c2ccc(F)cc2)c2c1CCC2. The number of benzene rings is 3. The molecule has 1 N–H and O–H groups in total. The second-order valence-corrected chi connectivity index (χ2v) is 7.38. The van der Waals surface area contributed by atoms with Gasteiger partial charge in [-0.25, -0.2) is 9.07 Å². The van der Waals surface area contributed by atoms with Gasteiger partial charge in [0.2, 0.25) is 0 Å². The number of nitrogens with zero attached hydrogens (tertiary/aromatic N) is 2. The third kappa shape index (κ3) is 3.28. The van der Waals surface area contributed by atoms with Gasteiger partial charge in [0, 0.05) is 22.5 Å². The molecule has 1 aromatic heterocycles. The fourth-order valence-electron chi connectivity index (χ4n) is 4.06. The van der Waals surface area contributed by atoms with Gasteiger partial charge in [-0.1, -0.05) is 48.5 Å². The van der Waals surface area contributed by atoms with Crippen molar-refractivity contribution in [2.75, 3.05) is 5.32 Å². The van der Waals surface area contributed by atoms with Crippen molar-refractivity contribution in [3.8, 4) is 16.8 Å². The molecule has 0 radical (unpaired) electrons. The van der Waals surface area contributed by atoms with Gasteiger partial charge < -0.3 is 5.32 Å². The summed E-state index contributed by atoms with van der Waals surface area (Å²) in [7, 11) is 0. The summed E-state index contributed by atoms with van der Waals surface area (Å²) in [6.07, 6.45) is 2.66. The molecule has 1 heterocycles. The maximum Gasteiger partial charge on any atom is 0.276 e. The first-order chi connectivity index (χ1) is 14.7. The van der Waals surface area contributed by atoms with Crippen LogP contribution in [0.1, 0.15) is 28.2 Å². The van der Waals surface area contributed by atoms with Crippen LogP contribution in [0.3, 0.4) is 0 Å². The maximum absolute atomic E-state index is 13.3. The molecular weight excluding hydrogens is 377 g/mol. The Bertz CT molecular complexity index is 1210. The van der Waals surface area contributed by atoms with E-state index in [1.807, 2.05) is 54.6 Å². The van der Waals surface area contributed by atoms with E-state index in [0.29, 0.717) is 5.69 Å². The number of aromatic nitrogens is 2. The van der Waals surface area contributed by atoms with Gasteiger partial charge in [0.25, 0.3) is 5.91 Å². The van der Waals surface area contributed by atoms with Gasteiger partial charge in [-0.15, -0.1) is 0 Å². The summed E-state index contributed by atoms with van der Waals surface area (Å²) < 4.78 is 15.1. The van der Waals surface area contributed by atoms with Crippen LogP contribution in [0, 0.1) is 5.82 Å². The summed E-state index contributed by atoms with van der Waals surface area (Å²) in [6.45, 7) is 0. The van der Waals surface area contributed by atoms with Crippen molar-refractivity contribution in [3.05, 3.63) is 102 Å². The molecule has 1 amide bonds. The Morgan fingerprint density at radius 1 is 0.900 bits per heavy atom. The van der Waals surface area contributed by atoms with Crippen LogP contribution in [0.4, 0.5) is 10.1 Å². The zero-order valence-corrected chi connectivity index (χ0v) is 16.3. The lowest BCUT2D eigenvalue weighted by atomic mass is 10.0. The van der Waals surface area contributed by atoms with Crippen LogP contribution in [-0.4, -0.2) is 15.7 Å². The smallest absolute Gasteiger partial charge is 0.276 e. The fourth-order valence-corrected chi connectivity index (χ4v) is 4.06. The van der Waals surface area contributed by atoms with Crippen molar-refractivity contribution >= 4 is 11.6 Å². The molecule has 148 valence electrons. The Hall–Kier alpha value is -3.73. The van der Waals surface area contributed by atoms with E-state index < -0.39 is 0 Å². The number of halogens is 1. The lowest BCUT2D eigenvalue weighted by molar-refractivity contribution is 0.102. The summed E-state index contributed by atoms with van der Waals surface area (Å²) >= 11 is 0. The molecule has 4 nitrogen and oxygen atoms in total. The number of carbonyl (C=O) groups excluding carboxylic acids is 1. The number of anilines is 1. The Morgan fingerprint density at radius 2 is 1.63 bits per heavy atom. The van der Waals surface area contributed by atoms with E-state index in [9.17, 15) is 9.18 Å². The number of fused-ring (bicyclic) bond motifs is 1. The number of hydrogen-bond acceptors (Lipinski definition) is 2. The molecule has 30 heavy (non-hydrogen) atoms. The van der Waals surface area contributed by atoms with Gasteiger partial charge in [-0.05, 0) is 55.2 Å². The van der Waals surface area contributed by atoms with Crippen LogP contribution in [0.2, 0.25) is 0 Å². The van der Waals surface area contributed by atoms with Crippen LogP contribution >= 0.6 is 0 Å². The minimum atomic E-state index is -0.293. The van der Waals surface area contributed by atoms with E-state index in [-0.39, 0.29) is 11.7 Å². The second-order valence-electron chi connectivity index (χ2n) is 7.38. The van der Waals surface area contributed by atoms with Crippen molar-refractivity contribution < 1.29 is 9.18 Å². The maximum atomic E-state index is 13.3. The number of rotatable bonds is 4. The minimum Gasteiger partial charge on any atom is -0.320 e. The van der Waals surface area contributed by atoms with Gasteiger partial charge in [-0.3, -0.25) is 4.79 Å². The first-order valence-electron chi connectivity index (χ1n) is 10.0. The third-order valence-corrected chi connectivity index (χ3v) is 5.48. The summed E-state index contributed by atoms with van der Waals surface area (Å²) in [5.74, 6) is -0.518. The average Bonchev–Trinajstić information content (AvgIpc) is 3.38. The quantitative estimate of drug-likeness (QED) is 0.500. The van der Waals surface area contributed by atoms with Gasteiger partial charge in [0.05, 0.1) is 5.69 Å². The zero-order valence-electron chi connectivity index (χ0n) is 16.3. The molecule has 0 aliphatic heterocycles. The summed E-state index contributed by atoms with van der Waals surface area (Å²) in [4.78, 5) is 13.2. The molecule has 1 aliphatic carbocycles. The van der Waals surface area contributed by atoms with Gasteiger partial charge in [-0.2, -0.15) is 5.10 Å². The summed E-state index contributed by atoms with van der Waals surface area (Å²) in [5, 5.41) is 7.67. The van der Waals surface area contributed by atoms with E-state index in [1.54, 1.807) is 16.8 Å². The van der Waals surface area contributed by atoms with E-state index >= 15 is 0 Å². The van der Waals surface area contributed by atoms with Crippen LogP contribution < -0.4 is 5.32 Å². The van der Waals surface area contributed by atoms with E-state index in [4.69, 9.17) is 0 Å². The molecule has 0 saturated heterocycles. The molecule has 0 saturated carbocycles. The highest BCUT2D eigenvalue weighted by molar-refractivity contribution is 6.06. The molecule has 5 rings (SSSR count). The van der Waals surface area contributed by atoms with E-state index in [2.05, 4.69) is 10.4 Å². The predicted octanol–water partition coefficient (Wildman–Crippen LogP) is 5.42. The fraction of sp³-hybridized carbons (Fsp3) is 0.120. The molecule has 0 spiro atoms. The molecule has 0 atom stereocenters. The Labute approximate surface area is 174 Å². The molecule has 3 aromatic carbocycles. The predicted molar refractivity (Wildman–Crippen MR) is 115 cm³/mol. The normalized spacial score (nSPS) is 12.6. The summed E-state index contributed by atoms with van der Waals surface area (Å²) in [6, 6.07) is 23.9. The molecular formula is C25H20FN3O. The first-order valence-corrected chi connectivity index (χ1v) is 10.0. The lowest BCUT2D eigenvalue weighted by Crippen LogP contribution is -2.15. The van der Waals surface area contributed by atoms with Crippen molar-refractivity contribution in [1.29, 1.82) is 0 Å². The van der Waals surface area contributed by atoms with Crippen LogP contribution in [0.25, 0.3) is 16.8 Å². The van der Waals surface area contributed by atoms with Crippen LogP contribution in [0.15, 0.2) is 78.9 Å². The molecule has 0 fully saturated rings. The monoisotopic (exact) mass is 397 g/mol.